The number of para-hydroxylation sites is 1. The average Bonchev–Trinajstić information content (AvgIpc) is 2.73. The summed E-state index contributed by atoms with van der Waals surface area (Å²) >= 11 is 4.58. The van der Waals surface area contributed by atoms with Crippen LogP contribution in [0.4, 0.5) is 0 Å². The first-order valence-electron chi connectivity index (χ1n) is 8.05. The van der Waals surface area contributed by atoms with Crippen molar-refractivity contribution in [3.63, 3.8) is 0 Å². The van der Waals surface area contributed by atoms with Crippen molar-refractivity contribution in [1.29, 1.82) is 0 Å². The lowest BCUT2D eigenvalue weighted by Crippen LogP contribution is -1.99. The van der Waals surface area contributed by atoms with Gasteiger partial charge < -0.3 is 9.47 Å². The summed E-state index contributed by atoms with van der Waals surface area (Å²) in [4.78, 5) is 29.8. The third-order valence-corrected chi connectivity index (χ3v) is 4.55. The molecule has 2 heterocycles. The summed E-state index contributed by atoms with van der Waals surface area (Å²) in [5.74, 6) is 0.729. The van der Waals surface area contributed by atoms with Crippen LogP contribution in [0.15, 0.2) is 75.2 Å². The van der Waals surface area contributed by atoms with E-state index in [0.717, 1.165) is 22.0 Å². The van der Waals surface area contributed by atoms with Crippen LogP contribution < -0.4 is 4.74 Å². The molecule has 0 amide bonds. The van der Waals surface area contributed by atoms with Gasteiger partial charge >= 0.3 is 0 Å². The predicted octanol–water partition coefficient (Wildman–Crippen LogP) is 4.68. The molecule has 8 heteroatoms. The van der Waals surface area contributed by atoms with Gasteiger partial charge in [-0.15, -0.1) is 0 Å². The lowest BCUT2D eigenvalue weighted by molar-refractivity contribution is 0.0491. The van der Waals surface area contributed by atoms with Crippen LogP contribution in [0, 0.1) is 0 Å². The molecule has 0 N–H and O–H groups in total. The van der Waals surface area contributed by atoms with Gasteiger partial charge in [-0.2, -0.15) is 0 Å². The lowest BCUT2D eigenvalue weighted by Gasteiger charge is -2.09. The van der Waals surface area contributed by atoms with E-state index < -0.39 is 0 Å². The molecule has 0 bridgehead atoms. The van der Waals surface area contributed by atoms with Crippen molar-refractivity contribution in [2.75, 3.05) is 13.9 Å². The number of halogens is 1. The number of aldehydes is 2. The molecule has 0 radical (unpaired) electrons. The average molecular weight is 461 g/mol. The number of methoxy groups -OCH3 is 1. The van der Waals surface area contributed by atoms with Crippen LogP contribution in [0.2, 0.25) is 0 Å². The second-order valence-corrected chi connectivity index (χ2v) is 7.00. The quantitative estimate of drug-likeness (QED) is 0.287. The molecule has 6 nitrogen and oxygen atoms in total. The Morgan fingerprint density at radius 1 is 0.929 bits per heavy atom. The van der Waals surface area contributed by atoms with Crippen LogP contribution in [-0.4, -0.2) is 36.4 Å². The van der Waals surface area contributed by atoms with Gasteiger partial charge in [-0.25, -0.2) is 9.97 Å². The third-order valence-electron chi connectivity index (χ3n) is 3.12. The van der Waals surface area contributed by atoms with Crippen molar-refractivity contribution in [3.8, 4) is 5.75 Å². The molecule has 0 atom stereocenters. The number of rotatable bonds is 7. The Hall–Kier alpha value is -2.55. The molecule has 0 aliphatic carbocycles. The maximum atomic E-state index is 10.7. The molecule has 0 fully saturated rings. The van der Waals surface area contributed by atoms with E-state index in [-0.39, 0.29) is 6.79 Å². The van der Waals surface area contributed by atoms with Gasteiger partial charge in [0.15, 0.2) is 19.4 Å². The number of hydrogen-bond donors (Lipinski definition) is 0. The minimum absolute atomic E-state index is 0.194. The monoisotopic (exact) mass is 460 g/mol. The number of benzene rings is 1. The first-order chi connectivity index (χ1) is 13.7. The molecule has 0 saturated carbocycles. The van der Waals surface area contributed by atoms with Crippen molar-refractivity contribution in [1.82, 2.24) is 9.97 Å². The highest BCUT2D eigenvalue weighted by molar-refractivity contribution is 9.10. The minimum Gasteiger partial charge on any atom is -0.466 e. The van der Waals surface area contributed by atoms with Gasteiger partial charge in [0.1, 0.15) is 26.8 Å². The normalized spacial score (nSPS) is 9.79. The predicted molar refractivity (Wildman–Crippen MR) is 110 cm³/mol. The Labute approximate surface area is 175 Å². The van der Waals surface area contributed by atoms with E-state index >= 15 is 0 Å². The zero-order chi connectivity index (χ0) is 20.2. The van der Waals surface area contributed by atoms with Gasteiger partial charge in [-0.05, 0) is 52.3 Å². The van der Waals surface area contributed by atoms with Crippen molar-refractivity contribution in [2.45, 2.75) is 9.92 Å². The van der Waals surface area contributed by atoms with Crippen LogP contribution in [0.1, 0.15) is 21.0 Å². The minimum atomic E-state index is 0.194. The number of ether oxygens (including phenoxy) is 2. The van der Waals surface area contributed by atoms with Gasteiger partial charge in [0.05, 0.1) is 4.90 Å². The largest absolute Gasteiger partial charge is 0.466 e. The second kappa shape index (κ2) is 12.0. The van der Waals surface area contributed by atoms with Crippen LogP contribution in [-0.2, 0) is 4.74 Å². The zero-order valence-corrected chi connectivity index (χ0v) is 17.4. The first-order valence-corrected chi connectivity index (χ1v) is 9.66. The summed E-state index contributed by atoms with van der Waals surface area (Å²) in [5, 5.41) is 0.748. The number of hydrogen-bond acceptors (Lipinski definition) is 7. The fraction of sp³-hybridized carbons (Fsp3) is 0.100. The van der Waals surface area contributed by atoms with Crippen molar-refractivity contribution < 1.29 is 19.1 Å². The Bertz CT molecular complexity index is 924. The molecule has 3 aromatic rings. The topological polar surface area (TPSA) is 78.4 Å². The van der Waals surface area contributed by atoms with Gasteiger partial charge in [0.25, 0.3) is 0 Å². The zero-order valence-electron chi connectivity index (χ0n) is 14.9. The van der Waals surface area contributed by atoms with E-state index in [9.17, 15) is 9.59 Å². The highest BCUT2D eigenvalue weighted by atomic mass is 79.9. The second-order valence-electron chi connectivity index (χ2n) is 5.12. The van der Waals surface area contributed by atoms with Crippen LogP contribution in [0.5, 0.6) is 5.75 Å². The van der Waals surface area contributed by atoms with Crippen LogP contribution in [0.25, 0.3) is 0 Å². The molecule has 0 saturated heterocycles. The van der Waals surface area contributed by atoms with Gasteiger partial charge in [-0.3, -0.25) is 9.59 Å². The van der Waals surface area contributed by atoms with Crippen molar-refractivity contribution in [3.05, 3.63) is 76.7 Å². The number of aromatic nitrogens is 2. The number of pyridine rings is 2. The highest BCUT2D eigenvalue weighted by Crippen LogP contribution is 2.33. The van der Waals surface area contributed by atoms with Crippen molar-refractivity contribution >= 4 is 40.3 Å². The summed E-state index contributed by atoms with van der Waals surface area (Å²) in [5.41, 5.74) is 0.865. The molecule has 2 aromatic heterocycles. The fourth-order valence-electron chi connectivity index (χ4n) is 1.93. The molecule has 0 spiro atoms. The van der Waals surface area contributed by atoms with Gasteiger partial charge in [-0.1, -0.05) is 36.0 Å². The van der Waals surface area contributed by atoms with Gasteiger partial charge in [0, 0.05) is 7.11 Å². The summed E-state index contributed by atoms with van der Waals surface area (Å²) in [7, 11) is 1.57. The smallest absolute Gasteiger partial charge is 0.188 e. The van der Waals surface area contributed by atoms with E-state index in [1.165, 1.54) is 11.8 Å². The van der Waals surface area contributed by atoms with Gasteiger partial charge in [0.2, 0.25) is 0 Å². The molecule has 3 rings (SSSR count). The lowest BCUT2D eigenvalue weighted by atomic mass is 10.3. The molecule has 144 valence electrons. The maximum Gasteiger partial charge on any atom is 0.188 e. The molecule has 1 aromatic carbocycles. The maximum absolute atomic E-state index is 10.7. The summed E-state index contributed by atoms with van der Waals surface area (Å²) in [6.07, 6.45) is 1.45. The van der Waals surface area contributed by atoms with Crippen LogP contribution in [0.3, 0.4) is 0 Å². The molecule has 0 unspecified atom stereocenters. The number of nitrogens with zero attached hydrogens (tertiary/aromatic N) is 2. The first kappa shape index (κ1) is 21.7. The van der Waals surface area contributed by atoms with E-state index in [0.29, 0.717) is 22.3 Å². The van der Waals surface area contributed by atoms with E-state index in [4.69, 9.17) is 9.47 Å². The summed E-state index contributed by atoms with van der Waals surface area (Å²) in [6, 6.07) is 18.1. The van der Waals surface area contributed by atoms with Crippen molar-refractivity contribution in [2.24, 2.45) is 0 Å². The van der Waals surface area contributed by atoms with E-state index in [1.54, 1.807) is 37.4 Å². The van der Waals surface area contributed by atoms with Crippen LogP contribution >= 0.6 is 27.7 Å². The molecule has 28 heavy (non-hydrogen) atoms. The fourth-order valence-corrected chi connectivity index (χ4v) is 3.19. The Morgan fingerprint density at radius 2 is 1.61 bits per heavy atom. The number of carbonyl (C=O) groups excluding carboxylic acids is 2. The van der Waals surface area contributed by atoms with E-state index in [2.05, 4.69) is 25.9 Å². The Balaban J connectivity index is 0.000000261. The molecular formula is C20H17BrN2O4S. The van der Waals surface area contributed by atoms with E-state index in [1.807, 2.05) is 30.3 Å². The third kappa shape index (κ3) is 7.22. The summed E-state index contributed by atoms with van der Waals surface area (Å²) < 4.78 is 11.1. The molecule has 0 aliphatic rings. The molecule has 0 aliphatic heterocycles. The molecular weight excluding hydrogens is 444 g/mol. The SMILES string of the molecule is COCOc1ccccc1Sc1cccc(C=O)n1.O=Cc1cccc(Br)n1. The highest BCUT2D eigenvalue weighted by Gasteiger charge is 2.06. The Kier molecular flexibility index (Phi) is 9.33. The Morgan fingerprint density at radius 3 is 2.25 bits per heavy atom. The number of carbonyl (C=O) groups is 2. The summed E-state index contributed by atoms with van der Waals surface area (Å²) in [6.45, 7) is 0.194. The standard InChI is InChI=1S/C14H13NO3S.C6H4BrNO/c1-17-10-18-12-6-2-3-7-13(12)19-14-8-4-5-11(9-16)15-14;7-6-3-1-2-5(4-9)8-6/h2-9H,10H2,1H3;1-4H.